The summed E-state index contributed by atoms with van der Waals surface area (Å²) in [5.74, 6) is 0. The van der Waals surface area contributed by atoms with Crippen molar-refractivity contribution >= 4 is 160 Å². The summed E-state index contributed by atoms with van der Waals surface area (Å²) >= 11 is 0. The first-order valence-electron chi connectivity index (χ1n) is 5.11. The second kappa shape index (κ2) is 48.8. The fraction of sp³-hybridized carbons (Fsp3) is 0. The molecule has 0 aromatic heterocycles. The van der Waals surface area contributed by atoms with Gasteiger partial charge in [-0.05, 0) is 0 Å². The molecule has 0 fully saturated rings. The zero-order valence-corrected chi connectivity index (χ0v) is 36.8. The molecule has 0 aliphatic rings. The van der Waals surface area contributed by atoms with Crippen LogP contribution in [0.3, 0.4) is 0 Å². The molecule has 0 aliphatic heterocycles. The number of rotatable bonds is 0. The molecule has 0 bridgehead atoms. The van der Waals surface area contributed by atoms with Crippen LogP contribution in [-0.4, -0.2) is 105 Å². The van der Waals surface area contributed by atoms with Crippen molar-refractivity contribution in [3.63, 3.8) is 0 Å². The SMILES string of the molecule is O=P([O-])([O-])[O-].O=P([O-])([O-])[O-].O=P([O-])([O-])[O-].O=P([O-])([O-])[O-].O=P([O-])([O-])[O-].O=P([O-])([O-])[O-].O=P([O-])([O-])[O-].[Al+3].[Al+3].[Al+3].[Ge+4].[Ge+4].[Ge+4].[H-].[H-].[H-].[Li+].[Li+].[Li+]. The normalized spacial score (nSPS) is 9.39. The van der Waals surface area contributed by atoms with E-state index in [2.05, 4.69) is 0 Å². The topological polar surface area (TPSA) is 604 Å². The van der Waals surface area contributed by atoms with Crippen LogP contribution in [0.15, 0.2) is 0 Å². The molecule has 0 radical (unpaired) electrons. The van der Waals surface area contributed by atoms with Gasteiger partial charge in [-0.15, -0.1) is 0 Å². The summed E-state index contributed by atoms with van der Waals surface area (Å²) in [5, 5.41) is 0. The van der Waals surface area contributed by atoms with E-state index in [1.54, 1.807) is 0 Å². The predicted molar refractivity (Wildman–Crippen MR) is 91.1 cm³/mol. The number of phosphoric acid groups is 7. The molecule has 0 amide bonds. The Bertz CT molecular complexity index is 608. The fourth-order valence-electron chi connectivity index (χ4n) is 0. The van der Waals surface area contributed by atoms with Crippen molar-refractivity contribution in [2.75, 3.05) is 0 Å². The molecule has 230 valence electrons. The Morgan fingerprint density at radius 1 is 0.227 bits per heavy atom. The van der Waals surface area contributed by atoms with Gasteiger partial charge in [0.05, 0.1) is 0 Å². The van der Waals surface area contributed by atoms with Gasteiger partial charge >= 0.3 is 161 Å². The van der Waals surface area contributed by atoms with Gasteiger partial charge in [-0.2, -0.15) is 54.8 Å². The van der Waals surface area contributed by atoms with Gasteiger partial charge in [0.25, 0.3) is 0 Å². The molecule has 44 heavy (non-hydrogen) atoms. The van der Waals surface area contributed by atoms with Crippen LogP contribution in [0.4, 0.5) is 0 Å². The van der Waals surface area contributed by atoms with Crippen LogP contribution in [0.5, 0.6) is 0 Å². The summed E-state index contributed by atoms with van der Waals surface area (Å²) in [6.45, 7) is 0. The van der Waals surface area contributed by atoms with Gasteiger partial charge in [-0.1, -0.05) is 0 Å². The third-order valence-corrected chi connectivity index (χ3v) is 0. The van der Waals surface area contributed by atoms with Gasteiger partial charge in [0.15, 0.2) is 0 Å². The summed E-state index contributed by atoms with van der Waals surface area (Å²) in [5.41, 5.74) is 0. The zero-order chi connectivity index (χ0) is 31.5. The maximum Gasteiger partial charge on any atom is 4.00 e. The predicted octanol–water partition coefficient (Wildman–Crippen LogP) is -30.7. The van der Waals surface area contributed by atoms with Gasteiger partial charge < -0.3 is 139 Å². The Kier molecular flexibility index (Phi) is 115. The van der Waals surface area contributed by atoms with E-state index in [1.165, 1.54) is 0 Å². The second-order valence-electron chi connectivity index (χ2n) is 3.13. The maximum atomic E-state index is 8.55. The first-order valence-corrected chi connectivity index (χ1v) is 15.3. The smallest absolute Gasteiger partial charge is 1.00 e. The standard InChI is InChI=1S/3Al.3Ge.3Li.7H3O4P.3H/c;;;;;;;;;7*1-5(2,3)4;;;/h;;;;;;;;;7*(H3,1,2,3,4);;;/q3*+3;3*+4;3*+1;;;;;;;;3*-1/p-21. The van der Waals surface area contributed by atoms with Gasteiger partial charge in [0.1, 0.15) is 0 Å². The van der Waals surface area contributed by atoms with E-state index in [0.29, 0.717) is 0 Å². The molecule has 28 nitrogen and oxygen atoms in total. The molecule has 0 aromatic carbocycles. The Morgan fingerprint density at radius 2 is 0.227 bits per heavy atom. The van der Waals surface area contributed by atoms with E-state index in [9.17, 15) is 0 Å². The summed E-state index contributed by atoms with van der Waals surface area (Å²) in [4.78, 5) is 180. The Hall–Kier alpha value is 5.79. The molecule has 0 aliphatic carbocycles. The van der Waals surface area contributed by atoms with Crippen LogP contribution in [0, 0.1) is 0 Å². The Balaban J connectivity index is -0.0000000110. The summed E-state index contributed by atoms with van der Waals surface area (Å²) < 4.78 is 59.8. The van der Waals surface area contributed by atoms with Gasteiger partial charge in [0.2, 0.25) is 0 Å². The van der Waals surface area contributed by atoms with Crippen molar-refractivity contribution in [1.82, 2.24) is 0 Å². The molecule has 0 spiro atoms. The van der Waals surface area contributed by atoms with Crippen LogP contribution in [0.2, 0.25) is 0 Å². The van der Waals surface area contributed by atoms with E-state index in [0.717, 1.165) is 0 Å². The van der Waals surface area contributed by atoms with Gasteiger partial charge in [0, 0.05) is 0 Å². The third-order valence-electron chi connectivity index (χ3n) is 0. The van der Waals surface area contributed by atoms with Crippen molar-refractivity contribution < 1.29 is 196 Å². The molecule has 0 saturated heterocycles. The van der Waals surface area contributed by atoms with Gasteiger partial charge in [-0.25, -0.2) is 0 Å². The van der Waals surface area contributed by atoms with E-state index < -0.39 is 54.8 Å². The Labute approximate surface area is 351 Å². The van der Waals surface area contributed by atoms with E-state index in [1.807, 2.05) is 0 Å². The minimum absolute atomic E-state index is 0. The third kappa shape index (κ3) is 3120. The quantitative estimate of drug-likeness (QED) is 0.161. The first kappa shape index (κ1) is 104. The average molecular weight is 987 g/mol. The van der Waals surface area contributed by atoms with Crippen molar-refractivity contribution in [2.24, 2.45) is 0 Å². The van der Waals surface area contributed by atoms with Gasteiger partial charge in [-0.3, -0.25) is 0 Å². The molecule has 0 aromatic rings. The monoisotopic (exact) mass is 991 g/mol. The van der Waals surface area contributed by atoms with Crippen molar-refractivity contribution in [3.05, 3.63) is 0 Å². The molecular formula is H3Al3Ge3Li3O28P7. The molecule has 0 atom stereocenters. The van der Waals surface area contributed by atoms with Crippen molar-refractivity contribution in [3.8, 4) is 0 Å². The van der Waals surface area contributed by atoms with Crippen LogP contribution >= 0.6 is 54.8 Å². The molecule has 0 saturated carbocycles. The fourth-order valence-corrected chi connectivity index (χ4v) is 0. The zero-order valence-electron chi connectivity index (χ0n) is 23.8. The summed E-state index contributed by atoms with van der Waals surface area (Å²) in [6.07, 6.45) is 0. The molecule has 0 unspecified atom stereocenters. The van der Waals surface area contributed by atoms with Crippen LogP contribution in [-0.2, 0) is 32.0 Å². The number of hydrogen-bond acceptors (Lipinski definition) is 28. The Morgan fingerprint density at radius 3 is 0.227 bits per heavy atom. The maximum absolute atomic E-state index is 8.55. The molecule has 0 rings (SSSR count). The van der Waals surface area contributed by atoms with Crippen LogP contribution in [0.25, 0.3) is 0 Å². The average Bonchev–Trinajstić information content (AvgIpc) is 2.06. The van der Waals surface area contributed by atoms with E-state index in [4.69, 9.17) is 135 Å². The minimum atomic E-state index is -5.39. The molecule has 0 N–H and O–H groups in total. The summed E-state index contributed by atoms with van der Waals surface area (Å²) in [7, 11) is -37.7. The minimum Gasteiger partial charge on any atom is -1.00 e. The van der Waals surface area contributed by atoms with Crippen LogP contribution in [0.1, 0.15) is 4.28 Å². The molecule has 0 heterocycles. The second-order valence-corrected chi connectivity index (χ2v) is 9.39. The van der Waals surface area contributed by atoms with E-state index >= 15 is 0 Å². The van der Waals surface area contributed by atoms with Crippen molar-refractivity contribution in [1.29, 1.82) is 0 Å². The first-order chi connectivity index (χ1) is 14.0. The summed E-state index contributed by atoms with van der Waals surface area (Å²) in [6, 6.07) is 0. The van der Waals surface area contributed by atoms with Crippen molar-refractivity contribution in [2.45, 2.75) is 0 Å². The van der Waals surface area contributed by atoms with E-state index in [-0.39, 0.29) is 166 Å². The molecular weight excluding hydrogens is 984 g/mol. The number of hydrogen-bond donors (Lipinski definition) is 0. The van der Waals surface area contributed by atoms with Crippen LogP contribution < -0.4 is 159 Å². The largest absolute Gasteiger partial charge is 4.00 e. The molecule has 44 heteroatoms.